The maximum atomic E-state index is 15.1. The van der Waals surface area contributed by atoms with Gasteiger partial charge < -0.3 is 34.4 Å². The highest BCUT2D eigenvalue weighted by Crippen LogP contribution is 2.60. The minimum absolute atomic E-state index is 0.0173. The minimum atomic E-state index is -1.30. The van der Waals surface area contributed by atoms with Gasteiger partial charge in [-0.1, -0.05) is 92.1 Å². The number of aliphatic hydroxyl groups is 1. The standard InChI is InChI=1S/C42H53N3O8/c1-4-6-22-34(47)43-31(27-51-3)37(29-18-12-8-13-19-29)52-41(50)35-33-23-24-42(53-33)36(35)39(48)45(32(26-46)28-16-10-7-11-17-28)38(42)40(49)44(25-5-2)30-20-14-9-15-21-30/h4-5,7-8,10-13,16-19,30-33,35-38,46H,1-2,6,9,14-15,20-27H2,3H3,(H,43,47)/t31-,32-,33-,35+,36+,37-,38-,42+/m1/s1. The molecule has 4 fully saturated rings. The Morgan fingerprint density at radius 1 is 1.02 bits per heavy atom. The highest BCUT2D eigenvalue weighted by Gasteiger charge is 2.76. The van der Waals surface area contributed by atoms with Crippen molar-refractivity contribution in [2.24, 2.45) is 11.8 Å². The summed E-state index contributed by atoms with van der Waals surface area (Å²) in [5, 5.41) is 13.9. The first kappa shape index (κ1) is 38.4. The van der Waals surface area contributed by atoms with Crippen LogP contribution in [0, 0.1) is 11.8 Å². The number of carbonyl (C=O) groups is 4. The number of nitrogens with one attached hydrogen (secondary N) is 1. The molecule has 0 radical (unpaired) electrons. The van der Waals surface area contributed by atoms with Crippen molar-refractivity contribution in [2.75, 3.05) is 26.9 Å². The van der Waals surface area contributed by atoms with E-state index in [0.29, 0.717) is 36.9 Å². The Kier molecular flexibility index (Phi) is 12.5. The number of esters is 1. The van der Waals surface area contributed by atoms with E-state index < -0.39 is 66.3 Å². The Morgan fingerprint density at radius 3 is 2.32 bits per heavy atom. The molecule has 3 saturated heterocycles. The van der Waals surface area contributed by atoms with E-state index in [2.05, 4.69) is 18.5 Å². The Morgan fingerprint density at radius 2 is 1.70 bits per heavy atom. The van der Waals surface area contributed by atoms with Crippen LogP contribution in [-0.4, -0.2) is 95.3 Å². The molecule has 2 aromatic carbocycles. The predicted molar refractivity (Wildman–Crippen MR) is 198 cm³/mol. The molecule has 0 unspecified atom stereocenters. The molecule has 284 valence electrons. The third kappa shape index (κ3) is 7.57. The molecular weight excluding hydrogens is 674 g/mol. The van der Waals surface area contributed by atoms with Gasteiger partial charge >= 0.3 is 5.97 Å². The van der Waals surface area contributed by atoms with Gasteiger partial charge in [0.2, 0.25) is 17.7 Å². The zero-order valence-corrected chi connectivity index (χ0v) is 30.6. The monoisotopic (exact) mass is 727 g/mol. The molecule has 1 spiro atoms. The first-order valence-electron chi connectivity index (χ1n) is 19.0. The number of fused-ring (bicyclic) bond motifs is 1. The predicted octanol–water partition coefficient (Wildman–Crippen LogP) is 4.82. The number of nitrogens with zero attached hydrogens (tertiary/aromatic N) is 2. The van der Waals surface area contributed by atoms with Crippen LogP contribution in [0.5, 0.6) is 0 Å². The number of hydrogen-bond acceptors (Lipinski definition) is 8. The Labute approximate surface area is 312 Å². The maximum absolute atomic E-state index is 15.1. The van der Waals surface area contributed by atoms with E-state index >= 15 is 9.59 Å². The van der Waals surface area contributed by atoms with Gasteiger partial charge in [-0.15, -0.1) is 13.2 Å². The number of methoxy groups -OCH3 is 1. The summed E-state index contributed by atoms with van der Waals surface area (Å²) in [6.45, 7) is 7.60. The summed E-state index contributed by atoms with van der Waals surface area (Å²) in [5.41, 5.74) is 0.0271. The van der Waals surface area contributed by atoms with Gasteiger partial charge in [-0.2, -0.15) is 0 Å². The van der Waals surface area contributed by atoms with Crippen molar-refractivity contribution < 1.29 is 38.5 Å². The van der Waals surface area contributed by atoms with Crippen molar-refractivity contribution in [3.8, 4) is 0 Å². The number of allylic oxidation sites excluding steroid dienone is 1. The Balaban J connectivity index is 1.38. The molecule has 2 aromatic rings. The molecule has 11 heteroatoms. The van der Waals surface area contributed by atoms with Crippen LogP contribution in [0.15, 0.2) is 86.0 Å². The van der Waals surface area contributed by atoms with Gasteiger partial charge in [0.15, 0.2) is 0 Å². The molecule has 0 aromatic heterocycles. The molecule has 1 aliphatic carbocycles. The van der Waals surface area contributed by atoms with Crippen LogP contribution in [0.3, 0.4) is 0 Å². The van der Waals surface area contributed by atoms with Crippen LogP contribution in [0.25, 0.3) is 0 Å². The van der Waals surface area contributed by atoms with E-state index in [1.54, 1.807) is 12.2 Å². The first-order chi connectivity index (χ1) is 25.8. The molecule has 6 rings (SSSR count). The first-order valence-corrected chi connectivity index (χ1v) is 19.0. The summed E-state index contributed by atoms with van der Waals surface area (Å²) >= 11 is 0. The Bertz CT molecular complexity index is 1610. The smallest absolute Gasteiger partial charge is 0.313 e. The van der Waals surface area contributed by atoms with Crippen LogP contribution in [0.1, 0.15) is 81.1 Å². The van der Waals surface area contributed by atoms with Crippen molar-refractivity contribution in [3.05, 3.63) is 97.1 Å². The van der Waals surface area contributed by atoms with Crippen LogP contribution >= 0.6 is 0 Å². The van der Waals surface area contributed by atoms with E-state index in [4.69, 9.17) is 14.2 Å². The van der Waals surface area contributed by atoms with Gasteiger partial charge in [0.1, 0.15) is 17.7 Å². The number of ether oxygens (including phenoxy) is 3. The van der Waals surface area contributed by atoms with Crippen molar-refractivity contribution in [3.63, 3.8) is 0 Å². The zero-order chi connectivity index (χ0) is 37.5. The van der Waals surface area contributed by atoms with Crippen molar-refractivity contribution >= 4 is 23.7 Å². The number of aliphatic hydroxyl groups excluding tert-OH is 1. The number of benzene rings is 2. The molecule has 3 amide bonds. The fraction of sp³-hybridized carbons (Fsp3) is 0.524. The third-order valence-corrected chi connectivity index (χ3v) is 11.6. The highest BCUT2D eigenvalue weighted by molar-refractivity contribution is 5.98. The van der Waals surface area contributed by atoms with E-state index in [9.17, 15) is 14.7 Å². The molecule has 2 bridgehead atoms. The number of likely N-dealkylation sites (tertiary alicyclic amines) is 1. The number of hydrogen-bond donors (Lipinski definition) is 2. The van der Waals surface area contributed by atoms with Gasteiger partial charge in [0.05, 0.1) is 43.2 Å². The molecule has 4 aliphatic rings. The molecule has 53 heavy (non-hydrogen) atoms. The van der Waals surface area contributed by atoms with E-state index in [-0.39, 0.29) is 30.9 Å². The lowest BCUT2D eigenvalue weighted by Crippen LogP contribution is -2.59. The second-order valence-corrected chi connectivity index (χ2v) is 14.7. The lowest BCUT2D eigenvalue weighted by Gasteiger charge is -2.42. The summed E-state index contributed by atoms with van der Waals surface area (Å²) in [6, 6.07) is 15.6. The van der Waals surface area contributed by atoms with Crippen molar-refractivity contribution in [1.82, 2.24) is 15.1 Å². The molecule has 3 heterocycles. The number of amides is 3. The van der Waals surface area contributed by atoms with E-state index in [1.165, 1.54) is 12.0 Å². The summed E-state index contributed by atoms with van der Waals surface area (Å²) in [7, 11) is 1.51. The SMILES string of the molecule is C=CCCC(=O)N[C@H](COC)[C@H](OC(=O)[C@@H]1[C@H]2C(=O)N([C@H](CO)c3ccccc3)[C@H](C(=O)N(CC=C)C3CCCCC3)[C@]23CC[C@H]1O3)c1ccccc1. The molecular formula is C42H53N3O8. The summed E-state index contributed by atoms with van der Waals surface area (Å²) in [5.74, 6) is -3.58. The number of carbonyl (C=O) groups excluding carboxylic acids is 4. The summed E-state index contributed by atoms with van der Waals surface area (Å²) in [4.78, 5) is 61.0. The van der Waals surface area contributed by atoms with E-state index in [1.807, 2.05) is 65.6 Å². The number of rotatable bonds is 17. The normalized spacial score (nSPS) is 26.7. The molecule has 2 N–H and O–H groups in total. The largest absolute Gasteiger partial charge is 0.455 e. The third-order valence-electron chi connectivity index (χ3n) is 11.6. The quantitative estimate of drug-likeness (QED) is 0.175. The van der Waals surface area contributed by atoms with Gasteiger partial charge in [-0.3, -0.25) is 19.2 Å². The van der Waals surface area contributed by atoms with Gasteiger partial charge in [0, 0.05) is 26.1 Å². The topological polar surface area (TPSA) is 135 Å². The van der Waals surface area contributed by atoms with Crippen LogP contribution in [-0.2, 0) is 33.4 Å². The van der Waals surface area contributed by atoms with Gasteiger partial charge in [0.25, 0.3) is 0 Å². The fourth-order valence-corrected chi connectivity index (χ4v) is 9.24. The van der Waals surface area contributed by atoms with Crippen LogP contribution < -0.4 is 5.32 Å². The average Bonchev–Trinajstić information content (AvgIpc) is 3.83. The Hall–Kier alpha value is -4.32. The molecule has 8 atom stereocenters. The molecule has 1 saturated carbocycles. The van der Waals surface area contributed by atoms with Crippen molar-refractivity contribution in [2.45, 2.75) is 99.8 Å². The van der Waals surface area contributed by atoms with Gasteiger partial charge in [-0.25, -0.2) is 0 Å². The maximum Gasteiger partial charge on any atom is 0.313 e. The second-order valence-electron chi connectivity index (χ2n) is 14.7. The lowest BCUT2D eigenvalue weighted by atomic mass is 9.70. The van der Waals surface area contributed by atoms with Crippen LogP contribution in [0.2, 0.25) is 0 Å². The summed E-state index contributed by atoms with van der Waals surface area (Å²) in [6.07, 6.45) is 8.14. The van der Waals surface area contributed by atoms with Crippen molar-refractivity contribution in [1.29, 1.82) is 0 Å². The molecule has 3 aliphatic heterocycles. The molecule has 11 nitrogen and oxygen atoms in total. The summed E-state index contributed by atoms with van der Waals surface area (Å²) < 4.78 is 18.6. The average molecular weight is 728 g/mol. The minimum Gasteiger partial charge on any atom is -0.455 e. The second kappa shape index (κ2) is 17.2. The fourth-order valence-electron chi connectivity index (χ4n) is 9.24. The van der Waals surface area contributed by atoms with Gasteiger partial charge in [-0.05, 0) is 43.2 Å². The highest BCUT2D eigenvalue weighted by atomic mass is 16.6. The van der Waals surface area contributed by atoms with Crippen LogP contribution in [0.4, 0.5) is 0 Å². The zero-order valence-electron chi connectivity index (χ0n) is 30.6. The lowest BCUT2D eigenvalue weighted by molar-refractivity contribution is -0.163. The van der Waals surface area contributed by atoms with E-state index in [0.717, 1.165) is 32.1 Å².